The number of aromatic amines is 1. The SMILES string of the molecule is CC(C)C(O)CNC(=O)c1ccc(C(=O)c2cc[nH]c2)cc1. The second kappa shape index (κ2) is 7.04. The molecular formula is C17H20N2O3. The predicted octanol–water partition coefficient (Wildman–Crippen LogP) is 1.99. The van der Waals surface area contributed by atoms with Crippen molar-refractivity contribution in [2.24, 2.45) is 5.92 Å². The van der Waals surface area contributed by atoms with Crippen molar-refractivity contribution in [3.05, 3.63) is 59.4 Å². The Balaban J connectivity index is 1.99. The molecule has 2 rings (SSSR count). The molecule has 1 amide bonds. The Morgan fingerprint density at radius 3 is 2.27 bits per heavy atom. The number of aliphatic hydroxyl groups is 1. The number of hydrogen-bond donors (Lipinski definition) is 3. The normalized spacial score (nSPS) is 12.2. The zero-order valence-electron chi connectivity index (χ0n) is 12.7. The van der Waals surface area contributed by atoms with Gasteiger partial charge in [-0.15, -0.1) is 0 Å². The summed E-state index contributed by atoms with van der Waals surface area (Å²) in [7, 11) is 0. The lowest BCUT2D eigenvalue weighted by atomic mass is 10.0. The van der Waals surface area contributed by atoms with Crippen LogP contribution in [-0.2, 0) is 0 Å². The fourth-order valence-corrected chi connectivity index (χ4v) is 1.94. The van der Waals surface area contributed by atoms with Crippen LogP contribution >= 0.6 is 0 Å². The van der Waals surface area contributed by atoms with Gasteiger partial charge < -0.3 is 15.4 Å². The summed E-state index contributed by atoms with van der Waals surface area (Å²) in [5.41, 5.74) is 1.57. The fraction of sp³-hybridized carbons (Fsp3) is 0.294. The van der Waals surface area contributed by atoms with E-state index in [-0.39, 0.29) is 24.2 Å². The third kappa shape index (κ3) is 3.83. The van der Waals surface area contributed by atoms with E-state index in [9.17, 15) is 14.7 Å². The third-order valence-electron chi connectivity index (χ3n) is 3.51. The van der Waals surface area contributed by atoms with Gasteiger partial charge in [-0.3, -0.25) is 9.59 Å². The largest absolute Gasteiger partial charge is 0.391 e. The van der Waals surface area contributed by atoms with E-state index in [4.69, 9.17) is 0 Å². The molecule has 0 saturated heterocycles. The van der Waals surface area contributed by atoms with Crippen molar-refractivity contribution in [2.45, 2.75) is 20.0 Å². The van der Waals surface area contributed by atoms with E-state index in [0.717, 1.165) is 0 Å². The zero-order valence-corrected chi connectivity index (χ0v) is 12.7. The highest BCUT2D eigenvalue weighted by Crippen LogP contribution is 2.11. The van der Waals surface area contributed by atoms with Crippen LogP contribution in [0.4, 0.5) is 0 Å². The van der Waals surface area contributed by atoms with Gasteiger partial charge in [0.1, 0.15) is 0 Å². The van der Waals surface area contributed by atoms with Gasteiger partial charge >= 0.3 is 0 Å². The van der Waals surface area contributed by atoms with Gasteiger partial charge in [-0.2, -0.15) is 0 Å². The highest BCUT2D eigenvalue weighted by atomic mass is 16.3. The van der Waals surface area contributed by atoms with Gasteiger partial charge in [0.25, 0.3) is 5.91 Å². The molecule has 0 fully saturated rings. The fourth-order valence-electron chi connectivity index (χ4n) is 1.94. The molecule has 0 aliphatic rings. The molecule has 0 radical (unpaired) electrons. The molecule has 0 aliphatic heterocycles. The van der Waals surface area contributed by atoms with Crippen molar-refractivity contribution >= 4 is 11.7 Å². The standard InChI is InChI=1S/C17H20N2O3/c1-11(2)15(20)10-19-17(22)13-5-3-12(4-6-13)16(21)14-7-8-18-9-14/h3-9,11,15,18,20H,10H2,1-2H3,(H,19,22). The Bertz CT molecular complexity index is 630. The van der Waals surface area contributed by atoms with Crippen molar-refractivity contribution in [2.75, 3.05) is 6.54 Å². The summed E-state index contributed by atoms with van der Waals surface area (Å²) in [6, 6.07) is 8.18. The Hall–Kier alpha value is -2.40. The molecular weight excluding hydrogens is 280 g/mol. The van der Waals surface area contributed by atoms with Crippen LogP contribution in [0.3, 0.4) is 0 Å². The first-order chi connectivity index (χ1) is 10.5. The summed E-state index contributed by atoms with van der Waals surface area (Å²) in [4.78, 5) is 26.9. The Labute approximate surface area is 129 Å². The summed E-state index contributed by atoms with van der Waals surface area (Å²) < 4.78 is 0. The summed E-state index contributed by atoms with van der Waals surface area (Å²) in [6.07, 6.45) is 2.75. The number of carbonyl (C=O) groups excluding carboxylic acids is 2. The van der Waals surface area contributed by atoms with Crippen LogP contribution in [0.25, 0.3) is 0 Å². The van der Waals surface area contributed by atoms with Gasteiger partial charge in [-0.25, -0.2) is 0 Å². The van der Waals surface area contributed by atoms with E-state index in [1.807, 2.05) is 13.8 Å². The van der Waals surface area contributed by atoms with Gasteiger partial charge in [0.2, 0.25) is 0 Å². The minimum absolute atomic E-state index is 0.0849. The molecule has 1 aromatic heterocycles. The monoisotopic (exact) mass is 300 g/mol. The van der Waals surface area contributed by atoms with Crippen LogP contribution in [0.15, 0.2) is 42.7 Å². The minimum Gasteiger partial charge on any atom is -0.391 e. The number of aliphatic hydroxyl groups excluding tert-OH is 1. The Morgan fingerprint density at radius 1 is 1.09 bits per heavy atom. The van der Waals surface area contributed by atoms with Crippen LogP contribution < -0.4 is 5.32 Å². The molecule has 116 valence electrons. The molecule has 2 aromatic rings. The average molecular weight is 300 g/mol. The van der Waals surface area contributed by atoms with Crippen molar-refractivity contribution < 1.29 is 14.7 Å². The molecule has 1 aromatic carbocycles. The van der Waals surface area contributed by atoms with Crippen molar-refractivity contribution in [3.8, 4) is 0 Å². The number of aromatic nitrogens is 1. The number of nitrogens with one attached hydrogen (secondary N) is 2. The van der Waals surface area contributed by atoms with Gasteiger partial charge in [0, 0.05) is 35.6 Å². The summed E-state index contributed by atoms with van der Waals surface area (Å²) >= 11 is 0. The topological polar surface area (TPSA) is 82.2 Å². The number of hydrogen-bond acceptors (Lipinski definition) is 3. The van der Waals surface area contributed by atoms with Crippen LogP contribution in [-0.4, -0.2) is 34.4 Å². The van der Waals surface area contributed by atoms with Gasteiger partial charge in [-0.1, -0.05) is 26.0 Å². The van der Waals surface area contributed by atoms with E-state index < -0.39 is 6.10 Å². The van der Waals surface area contributed by atoms with E-state index >= 15 is 0 Å². The first-order valence-corrected chi connectivity index (χ1v) is 7.23. The number of benzene rings is 1. The third-order valence-corrected chi connectivity index (χ3v) is 3.51. The van der Waals surface area contributed by atoms with Gasteiger partial charge in [0.05, 0.1) is 6.10 Å². The molecule has 0 spiro atoms. The predicted molar refractivity (Wildman–Crippen MR) is 83.8 cm³/mol. The lowest BCUT2D eigenvalue weighted by molar-refractivity contribution is 0.0871. The molecule has 1 atom stereocenters. The van der Waals surface area contributed by atoms with E-state index in [0.29, 0.717) is 16.7 Å². The second-order valence-corrected chi connectivity index (χ2v) is 5.53. The van der Waals surface area contributed by atoms with Crippen molar-refractivity contribution in [1.29, 1.82) is 0 Å². The highest BCUT2D eigenvalue weighted by molar-refractivity contribution is 6.09. The first kappa shape index (κ1) is 16.0. The van der Waals surface area contributed by atoms with Crippen LogP contribution in [0, 0.1) is 5.92 Å². The summed E-state index contributed by atoms with van der Waals surface area (Å²) in [5.74, 6) is -0.273. The molecule has 0 saturated carbocycles. The lowest BCUT2D eigenvalue weighted by Gasteiger charge is -2.15. The molecule has 5 nitrogen and oxygen atoms in total. The smallest absolute Gasteiger partial charge is 0.251 e. The van der Waals surface area contributed by atoms with Crippen molar-refractivity contribution in [1.82, 2.24) is 10.3 Å². The number of H-pyrrole nitrogens is 1. The lowest BCUT2D eigenvalue weighted by Crippen LogP contribution is -2.34. The van der Waals surface area contributed by atoms with E-state index in [2.05, 4.69) is 10.3 Å². The van der Waals surface area contributed by atoms with Crippen LogP contribution in [0.1, 0.15) is 40.1 Å². The molecule has 5 heteroatoms. The maximum absolute atomic E-state index is 12.1. The molecule has 1 heterocycles. The summed E-state index contributed by atoms with van der Waals surface area (Å²) in [5, 5.41) is 12.4. The maximum Gasteiger partial charge on any atom is 0.251 e. The summed E-state index contributed by atoms with van der Waals surface area (Å²) in [6.45, 7) is 3.98. The van der Waals surface area contributed by atoms with E-state index in [1.54, 1.807) is 42.7 Å². The Kier molecular flexibility index (Phi) is 5.12. The molecule has 0 aliphatic carbocycles. The average Bonchev–Trinajstić information content (AvgIpc) is 3.06. The van der Waals surface area contributed by atoms with E-state index in [1.165, 1.54) is 0 Å². The second-order valence-electron chi connectivity index (χ2n) is 5.53. The molecule has 22 heavy (non-hydrogen) atoms. The number of rotatable bonds is 6. The molecule has 1 unspecified atom stereocenters. The van der Waals surface area contributed by atoms with Crippen LogP contribution in [0.2, 0.25) is 0 Å². The van der Waals surface area contributed by atoms with Crippen LogP contribution in [0.5, 0.6) is 0 Å². The number of carbonyl (C=O) groups is 2. The maximum atomic E-state index is 12.1. The minimum atomic E-state index is -0.571. The zero-order chi connectivity index (χ0) is 16.1. The number of amides is 1. The molecule has 0 bridgehead atoms. The molecule has 3 N–H and O–H groups in total. The Morgan fingerprint density at radius 2 is 1.73 bits per heavy atom. The van der Waals surface area contributed by atoms with Gasteiger partial charge in [0.15, 0.2) is 5.78 Å². The quantitative estimate of drug-likeness (QED) is 0.714. The number of ketones is 1. The highest BCUT2D eigenvalue weighted by Gasteiger charge is 2.13. The van der Waals surface area contributed by atoms with Crippen molar-refractivity contribution in [3.63, 3.8) is 0 Å². The van der Waals surface area contributed by atoms with Gasteiger partial charge in [-0.05, 0) is 24.1 Å². The first-order valence-electron chi connectivity index (χ1n) is 7.23.